The molecule has 0 saturated heterocycles. The second kappa shape index (κ2) is 6.57. The lowest BCUT2D eigenvalue weighted by atomic mass is 9.96. The Morgan fingerprint density at radius 3 is 2.25 bits per heavy atom. The van der Waals surface area contributed by atoms with Crippen molar-refractivity contribution in [1.82, 2.24) is 0 Å². The lowest BCUT2D eigenvalue weighted by Gasteiger charge is -2.07. The van der Waals surface area contributed by atoms with Gasteiger partial charge in [-0.2, -0.15) is 10.2 Å². The second-order valence-corrected chi connectivity index (χ2v) is 4.57. The third-order valence-corrected chi connectivity index (χ3v) is 2.89. The van der Waals surface area contributed by atoms with E-state index in [9.17, 15) is 4.79 Å². The summed E-state index contributed by atoms with van der Waals surface area (Å²) in [6, 6.07) is 9.90. The summed E-state index contributed by atoms with van der Waals surface area (Å²) < 4.78 is 0. The molecule has 0 saturated carbocycles. The first-order valence-electron chi connectivity index (χ1n) is 6.40. The van der Waals surface area contributed by atoms with Gasteiger partial charge in [0.25, 0.3) is 0 Å². The number of azo groups is 1. The summed E-state index contributed by atoms with van der Waals surface area (Å²) in [4.78, 5) is 11.6. The number of hydrogen-bond acceptors (Lipinski definition) is 3. The molecular formula is C17H16N2O. The van der Waals surface area contributed by atoms with Gasteiger partial charge in [0.1, 0.15) is 0 Å². The largest absolute Gasteiger partial charge is 0.289 e. The zero-order valence-electron chi connectivity index (χ0n) is 11.6. The molecule has 0 fully saturated rings. The van der Waals surface area contributed by atoms with Crippen molar-refractivity contribution >= 4 is 11.9 Å². The lowest BCUT2D eigenvalue weighted by molar-refractivity contribution is -0.112. The lowest BCUT2D eigenvalue weighted by Crippen LogP contribution is -2.05. The van der Waals surface area contributed by atoms with Crippen LogP contribution in [-0.4, -0.2) is 5.78 Å². The van der Waals surface area contributed by atoms with E-state index in [1.807, 2.05) is 48.6 Å². The predicted molar refractivity (Wildman–Crippen MR) is 80.9 cm³/mol. The minimum atomic E-state index is 0.0862. The van der Waals surface area contributed by atoms with E-state index in [0.717, 1.165) is 22.3 Å². The van der Waals surface area contributed by atoms with Gasteiger partial charge in [0, 0.05) is 0 Å². The number of nitrogens with zero attached hydrogens (tertiary/aromatic N) is 2. The van der Waals surface area contributed by atoms with Gasteiger partial charge in [-0.25, -0.2) is 0 Å². The molecule has 20 heavy (non-hydrogen) atoms. The van der Waals surface area contributed by atoms with Crippen LogP contribution in [0.5, 0.6) is 0 Å². The first-order valence-corrected chi connectivity index (χ1v) is 6.40. The van der Waals surface area contributed by atoms with Crippen LogP contribution in [0.2, 0.25) is 0 Å². The van der Waals surface area contributed by atoms with E-state index < -0.39 is 0 Å². The van der Waals surface area contributed by atoms with Gasteiger partial charge in [-0.15, -0.1) is 0 Å². The van der Waals surface area contributed by atoms with Crippen LogP contribution >= 0.6 is 0 Å². The molecule has 1 aromatic carbocycles. The van der Waals surface area contributed by atoms with E-state index in [1.54, 1.807) is 26.2 Å². The van der Waals surface area contributed by atoms with Crippen molar-refractivity contribution in [3.05, 3.63) is 77.2 Å². The second-order valence-electron chi connectivity index (χ2n) is 4.57. The molecule has 2 rings (SSSR count). The molecule has 0 radical (unpaired) electrons. The minimum absolute atomic E-state index is 0.0862. The van der Waals surface area contributed by atoms with E-state index in [2.05, 4.69) is 10.2 Å². The molecule has 1 aliphatic rings. The maximum Gasteiger partial charge on any atom is 0.184 e. The first kappa shape index (κ1) is 13.9. The van der Waals surface area contributed by atoms with Gasteiger partial charge in [0.2, 0.25) is 0 Å². The van der Waals surface area contributed by atoms with Gasteiger partial charge in [-0.3, -0.25) is 4.79 Å². The highest BCUT2D eigenvalue weighted by Gasteiger charge is 2.12. The van der Waals surface area contributed by atoms with Crippen molar-refractivity contribution in [2.24, 2.45) is 10.2 Å². The van der Waals surface area contributed by atoms with E-state index in [-0.39, 0.29) is 5.78 Å². The van der Waals surface area contributed by atoms with E-state index in [1.165, 1.54) is 0 Å². The molecule has 0 heterocycles. The third-order valence-electron chi connectivity index (χ3n) is 2.89. The first-order chi connectivity index (χ1) is 9.66. The fourth-order valence-corrected chi connectivity index (χ4v) is 1.88. The molecule has 0 N–H and O–H groups in total. The Hall–Kier alpha value is -2.55. The van der Waals surface area contributed by atoms with Crippen molar-refractivity contribution < 1.29 is 4.79 Å². The molecular weight excluding hydrogens is 248 g/mol. The molecule has 0 aromatic heterocycles. The average Bonchev–Trinajstić information content (AvgIpc) is 2.45. The van der Waals surface area contributed by atoms with E-state index in [4.69, 9.17) is 0 Å². The molecule has 0 aliphatic heterocycles. The van der Waals surface area contributed by atoms with Crippen LogP contribution in [0.4, 0.5) is 0 Å². The van der Waals surface area contributed by atoms with Crippen LogP contribution in [0.3, 0.4) is 0 Å². The Balaban J connectivity index is 2.01. The normalized spacial score (nSPS) is 15.7. The number of benzene rings is 1. The number of allylic oxidation sites excluding steroid dienone is 5. The Morgan fingerprint density at radius 2 is 1.60 bits per heavy atom. The monoisotopic (exact) mass is 264 g/mol. The Kier molecular flexibility index (Phi) is 4.56. The topological polar surface area (TPSA) is 41.8 Å². The fraction of sp³-hybridized carbons (Fsp3) is 0.118. The van der Waals surface area contributed by atoms with Crippen molar-refractivity contribution in [3.8, 4) is 0 Å². The molecule has 1 aromatic rings. The van der Waals surface area contributed by atoms with Crippen LogP contribution < -0.4 is 0 Å². The van der Waals surface area contributed by atoms with Crippen LogP contribution in [0, 0.1) is 0 Å². The molecule has 0 spiro atoms. The summed E-state index contributed by atoms with van der Waals surface area (Å²) in [6.45, 7) is 3.61. The molecule has 0 atom stereocenters. The van der Waals surface area contributed by atoms with E-state index >= 15 is 0 Å². The summed E-state index contributed by atoms with van der Waals surface area (Å²) in [5.74, 6) is 0.0862. The molecule has 1 aliphatic carbocycles. The zero-order chi connectivity index (χ0) is 14.4. The van der Waals surface area contributed by atoms with Crippen molar-refractivity contribution in [3.63, 3.8) is 0 Å². The standard InChI is InChI=1S/C17H16N2O/c1-13-10-16(11-14(2)17(13)20)12-19-18-9-8-15-6-4-3-5-7-15/h3-12H,1-2H3/b9-8+,19-18?. The van der Waals surface area contributed by atoms with Crippen LogP contribution in [0.25, 0.3) is 6.08 Å². The predicted octanol–water partition coefficient (Wildman–Crippen LogP) is 4.47. The van der Waals surface area contributed by atoms with Crippen molar-refractivity contribution in [2.75, 3.05) is 0 Å². The number of carbonyl (C=O) groups is 1. The minimum Gasteiger partial charge on any atom is -0.289 e. The van der Waals surface area contributed by atoms with Crippen LogP contribution in [-0.2, 0) is 4.79 Å². The molecule has 3 heteroatoms. The van der Waals surface area contributed by atoms with Gasteiger partial charge in [-0.1, -0.05) is 30.3 Å². The maximum absolute atomic E-state index is 11.6. The third kappa shape index (κ3) is 3.72. The van der Waals surface area contributed by atoms with Crippen molar-refractivity contribution in [1.29, 1.82) is 0 Å². The Bertz CT molecular complexity index is 623. The highest BCUT2D eigenvalue weighted by molar-refractivity contribution is 6.09. The SMILES string of the molecule is CC1=CC(=CN=N/C=C/c2ccccc2)C=C(C)C1=O. The molecule has 3 nitrogen and oxygen atoms in total. The van der Waals surface area contributed by atoms with E-state index in [0.29, 0.717) is 0 Å². The van der Waals surface area contributed by atoms with Gasteiger partial charge < -0.3 is 0 Å². The number of hydrogen-bond donors (Lipinski definition) is 0. The highest BCUT2D eigenvalue weighted by Crippen LogP contribution is 2.18. The zero-order valence-corrected chi connectivity index (χ0v) is 11.6. The van der Waals surface area contributed by atoms with Crippen LogP contribution in [0.15, 0.2) is 81.8 Å². The smallest absolute Gasteiger partial charge is 0.184 e. The number of ketones is 1. The quantitative estimate of drug-likeness (QED) is 0.743. The van der Waals surface area contributed by atoms with Crippen LogP contribution in [0.1, 0.15) is 19.4 Å². The molecule has 0 unspecified atom stereocenters. The summed E-state index contributed by atoms with van der Waals surface area (Å²) in [5.41, 5.74) is 3.42. The van der Waals surface area contributed by atoms with Crippen molar-refractivity contribution in [2.45, 2.75) is 13.8 Å². The van der Waals surface area contributed by atoms with Gasteiger partial charge >= 0.3 is 0 Å². The number of Topliss-reactive ketones (excluding diaryl/α,β-unsaturated/α-hetero) is 1. The molecule has 0 bridgehead atoms. The average molecular weight is 264 g/mol. The maximum atomic E-state index is 11.6. The van der Waals surface area contributed by atoms with Gasteiger partial charge in [-0.05, 0) is 54.4 Å². The fourth-order valence-electron chi connectivity index (χ4n) is 1.88. The summed E-state index contributed by atoms with van der Waals surface area (Å²) >= 11 is 0. The Morgan fingerprint density at radius 1 is 0.950 bits per heavy atom. The molecule has 100 valence electrons. The number of carbonyl (C=O) groups excluding carboxylic acids is 1. The highest BCUT2D eigenvalue weighted by atomic mass is 16.1. The molecule has 0 amide bonds. The van der Waals surface area contributed by atoms with Gasteiger partial charge in [0.05, 0.1) is 12.4 Å². The number of rotatable bonds is 3. The summed E-state index contributed by atoms with van der Waals surface area (Å²) in [7, 11) is 0. The summed E-state index contributed by atoms with van der Waals surface area (Å²) in [5, 5.41) is 7.93. The summed E-state index contributed by atoms with van der Waals surface area (Å²) in [6.07, 6.45) is 8.81. The Labute approximate surface area is 118 Å². The van der Waals surface area contributed by atoms with Gasteiger partial charge in [0.15, 0.2) is 5.78 Å².